The lowest BCUT2D eigenvalue weighted by Gasteiger charge is -2.20. The van der Waals surface area contributed by atoms with Crippen LogP contribution in [0, 0.1) is 0 Å². The third kappa shape index (κ3) is 3.55. The molecule has 4 nitrogen and oxygen atoms in total. The molecule has 27 heavy (non-hydrogen) atoms. The average molecular weight is 374 g/mol. The zero-order chi connectivity index (χ0) is 18.6. The van der Waals surface area contributed by atoms with Gasteiger partial charge in [0, 0.05) is 5.56 Å². The number of carbonyl (C=O) groups is 1. The van der Waals surface area contributed by atoms with E-state index in [1.54, 1.807) is 12.0 Å². The number of fused-ring (bicyclic) bond motifs is 1. The van der Waals surface area contributed by atoms with Crippen LogP contribution in [0.3, 0.4) is 0 Å². The minimum Gasteiger partial charge on any atom is -0.496 e. The monoisotopic (exact) mass is 374 g/mol. The van der Waals surface area contributed by atoms with Crippen LogP contribution < -0.4 is 9.64 Å². The van der Waals surface area contributed by atoms with Crippen LogP contribution in [-0.2, 0) is 11.2 Å². The number of thiazole rings is 1. The van der Waals surface area contributed by atoms with Crippen molar-refractivity contribution in [2.75, 3.05) is 12.0 Å². The van der Waals surface area contributed by atoms with Crippen LogP contribution in [0.1, 0.15) is 5.56 Å². The topological polar surface area (TPSA) is 42.4 Å². The molecule has 0 atom stereocenters. The fourth-order valence-corrected chi connectivity index (χ4v) is 3.99. The molecule has 4 rings (SSSR count). The van der Waals surface area contributed by atoms with Gasteiger partial charge in [0.05, 0.1) is 29.4 Å². The molecule has 134 valence electrons. The smallest absolute Gasteiger partial charge is 0.237 e. The molecule has 3 aromatic carbocycles. The van der Waals surface area contributed by atoms with Gasteiger partial charge in [0.1, 0.15) is 5.75 Å². The van der Waals surface area contributed by atoms with Crippen molar-refractivity contribution in [3.8, 4) is 5.75 Å². The minimum absolute atomic E-state index is 0.0512. The number of benzene rings is 3. The van der Waals surface area contributed by atoms with E-state index in [2.05, 4.69) is 4.98 Å². The maximum Gasteiger partial charge on any atom is 0.237 e. The number of nitrogens with zero attached hydrogens (tertiary/aromatic N) is 2. The summed E-state index contributed by atoms with van der Waals surface area (Å²) in [5.41, 5.74) is 2.55. The Morgan fingerprint density at radius 2 is 1.67 bits per heavy atom. The summed E-state index contributed by atoms with van der Waals surface area (Å²) in [6.45, 7) is 0. The third-order valence-electron chi connectivity index (χ3n) is 4.27. The first-order valence-electron chi connectivity index (χ1n) is 8.62. The molecule has 0 fully saturated rings. The van der Waals surface area contributed by atoms with Crippen molar-refractivity contribution in [3.05, 3.63) is 84.4 Å². The van der Waals surface area contributed by atoms with E-state index in [1.807, 2.05) is 78.9 Å². The Balaban J connectivity index is 1.75. The number of amides is 1. The van der Waals surface area contributed by atoms with Crippen molar-refractivity contribution in [1.82, 2.24) is 4.98 Å². The van der Waals surface area contributed by atoms with E-state index in [4.69, 9.17) is 4.74 Å². The molecule has 0 aliphatic rings. The fraction of sp³-hybridized carbons (Fsp3) is 0.0909. The van der Waals surface area contributed by atoms with Gasteiger partial charge in [0.25, 0.3) is 0 Å². The zero-order valence-corrected chi connectivity index (χ0v) is 15.6. The molecule has 4 aromatic rings. The number of aromatic nitrogens is 1. The van der Waals surface area contributed by atoms with Gasteiger partial charge in [0.2, 0.25) is 5.91 Å². The molecule has 0 spiro atoms. The number of rotatable bonds is 5. The summed E-state index contributed by atoms with van der Waals surface area (Å²) in [5.74, 6) is 0.660. The zero-order valence-electron chi connectivity index (χ0n) is 14.8. The largest absolute Gasteiger partial charge is 0.496 e. The van der Waals surface area contributed by atoms with Crippen LogP contribution in [0.15, 0.2) is 78.9 Å². The first-order chi connectivity index (χ1) is 13.3. The van der Waals surface area contributed by atoms with Gasteiger partial charge in [-0.3, -0.25) is 9.69 Å². The molecular formula is C22H18N2O2S. The van der Waals surface area contributed by atoms with E-state index in [0.717, 1.165) is 21.5 Å². The van der Waals surface area contributed by atoms with Crippen LogP contribution in [0.2, 0.25) is 0 Å². The number of ether oxygens (including phenoxy) is 1. The summed E-state index contributed by atoms with van der Waals surface area (Å²) in [7, 11) is 1.62. The Labute approximate surface area is 161 Å². The molecule has 1 aromatic heterocycles. The van der Waals surface area contributed by atoms with Gasteiger partial charge in [-0.25, -0.2) is 4.98 Å². The molecule has 0 bridgehead atoms. The summed E-state index contributed by atoms with van der Waals surface area (Å²) in [6, 6.07) is 25.1. The molecule has 0 saturated heterocycles. The second-order valence-electron chi connectivity index (χ2n) is 6.02. The number of anilines is 2. The first-order valence-corrected chi connectivity index (χ1v) is 9.43. The van der Waals surface area contributed by atoms with Crippen LogP contribution in [0.25, 0.3) is 10.2 Å². The van der Waals surface area contributed by atoms with Gasteiger partial charge in [-0.05, 0) is 30.3 Å². The molecule has 0 unspecified atom stereocenters. The highest BCUT2D eigenvalue weighted by atomic mass is 32.1. The molecule has 1 heterocycles. The van der Waals surface area contributed by atoms with Gasteiger partial charge in [0.15, 0.2) is 5.13 Å². The van der Waals surface area contributed by atoms with E-state index >= 15 is 0 Å². The van der Waals surface area contributed by atoms with Gasteiger partial charge < -0.3 is 4.74 Å². The van der Waals surface area contributed by atoms with Crippen LogP contribution in [0.5, 0.6) is 5.75 Å². The van der Waals surface area contributed by atoms with Gasteiger partial charge in [-0.15, -0.1) is 0 Å². The van der Waals surface area contributed by atoms with Crippen molar-refractivity contribution < 1.29 is 9.53 Å². The van der Waals surface area contributed by atoms with E-state index in [1.165, 1.54) is 11.3 Å². The standard InChI is InChI=1S/C22H18N2O2S/c1-26-19-13-7-5-9-16(19)15-21(25)24(17-10-3-2-4-11-17)22-23-18-12-6-8-14-20(18)27-22/h2-14H,15H2,1H3. The second-order valence-corrected chi connectivity index (χ2v) is 7.03. The first kappa shape index (κ1) is 17.2. The predicted octanol–water partition coefficient (Wildman–Crippen LogP) is 5.21. The third-order valence-corrected chi connectivity index (χ3v) is 5.29. The summed E-state index contributed by atoms with van der Waals surface area (Å²) < 4.78 is 6.46. The van der Waals surface area contributed by atoms with E-state index < -0.39 is 0 Å². The van der Waals surface area contributed by atoms with Gasteiger partial charge in [-0.2, -0.15) is 0 Å². The van der Waals surface area contributed by atoms with Crippen LogP contribution in [-0.4, -0.2) is 18.0 Å². The number of hydrogen-bond acceptors (Lipinski definition) is 4. The second kappa shape index (κ2) is 7.60. The molecule has 0 N–H and O–H groups in total. The minimum atomic E-state index is -0.0512. The quantitative estimate of drug-likeness (QED) is 0.481. The van der Waals surface area contributed by atoms with Gasteiger partial charge in [-0.1, -0.05) is 59.9 Å². The molecule has 0 aliphatic carbocycles. The molecule has 0 aliphatic heterocycles. The lowest BCUT2D eigenvalue weighted by molar-refractivity contribution is -0.117. The van der Waals surface area contributed by atoms with Gasteiger partial charge >= 0.3 is 0 Å². The van der Waals surface area contributed by atoms with Crippen molar-refractivity contribution in [2.24, 2.45) is 0 Å². The summed E-state index contributed by atoms with van der Waals surface area (Å²) >= 11 is 1.51. The van der Waals surface area contributed by atoms with E-state index in [0.29, 0.717) is 10.9 Å². The summed E-state index contributed by atoms with van der Waals surface area (Å²) in [6.07, 6.45) is 0.231. The molecule has 0 saturated carbocycles. The fourth-order valence-electron chi connectivity index (χ4n) is 2.98. The van der Waals surface area contributed by atoms with E-state index in [9.17, 15) is 4.79 Å². The van der Waals surface area contributed by atoms with Crippen LogP contribution in [0.4, 0.5) is 10.8 Å². The lowest BCUT2D eigenvalue weighted by atomic mass is 10.1. The molecule has 0 radical (unpaired) electrons. The number of carbonyl (C=O) groups excluding carboxylic acids is 1. The average Bonchev–Trinajstić information content (AvgIpc) is 3.13. The summed E-state index contributed by atoms with van der Waals surface area (Å²) in [4.78, 5) is 19.7. The Bertz CT molecular complexity index is 1040. The number of methoxy groups -OCH3 is 1. The Morgan fingerprint density at radius 3 is 2.44 bits per heavy atom. The molecule has 1 amide bonds. The maximum atomic E-state index is 13.3. The predicted molar refractivity (Wildman–Crippen MR) is 110 cm³/mol. The molecular weight excluding hydrogens is 356 g/mol. The maximum absolute atomic E-state index is 13.3. The van der Waals surface area contributed by atoms with Crippen molar-refractivity contribution >= 4 is 38.3 Å². The van der Waals surface area contributed by atoms with Crippen LogP contribution >= 0.6 is 11.3 Å². The SMILES string of the molecule is COc1ccccc1CC(=O)N(c1ccccc1)c1nc2ccccc2s1. The lowest BCUT2D eigenvalue weighted by Crippen LogP contribution is -2.27. The highest BCUT2D eigenvalue weighted by molar-refractivity contribution is 7.22. The molecule has 5 heteroatoms. The van der Waals surface area contributed by atoms with Crippen molar-refractivity contribution in [2.45, 2.75) is 6.42 Å². The number of hydrogen-bond donors (Lipinski definition) is 0. The number of para-hydroxylation sites is 3. The van der Waals surface area contributed by atoms with E-state index in [-0.39, 0.29) is 12.3 Å². The highest BCUT2D eigenvalue weighted by Gasteiger charge is 2.22. The Kier molecular flexibility index (Phi) is 4.85. The Morgan fingerprint density at radius 1 is 0.963 bits per heavy atom. The normalized spacial score (nSPS) is 10.7. The Hall–Kier alpha value is -3.18. The van der Waals surface area contributed by atoms with Crippen molar-refractivity contribution in [1.29, 1.82) is 0 Å². The van der Waals surface area contributed by atoms with Crippen molar-refractivity contribution in [3.63, 3.8) is 0 Å². The summed E-state index contributed by atoms with van der Waals surface area (Å²) in [5, 5.41) is 0.669. The highest BCUT2D eigenvalue weighted by Crippen LogP contribution is 2.34.